The monoisotopic (exact) mass is 417 g/mol. The lowest BCUT2D eigenvalue weighted by molar-refractivity contribution is -0.112. The zero-order valence-corrected chi connectivity index (χ0v) is 16.7. The summed E-state index contributed by atoms with van der Waals surface area (Å²) in [5.74, 6) is -0.356. The smallest absolute Gasteiger partial charge is 0.266 e. The van der Waals surface area contributed by atoms with Crippen LogP contribution in [0.15, 0.2) is 70.7 Å². The molecule has 2 heterocycles. The Kier molecular flexibility index (Phi) is 6.11. The molecule has 1 fully saturated rings. The standard InChI is InChI=1S/C24H20FN3O3/c25-22-4-2-1-3-21(22)23-10-9-20(31-23)15-17(16-26)24(29)27-18-5-7-19(8-6-18)28-11-13-30-14-12-28/h1-10,15H,11-14H2,(H,27,29)/b17-15+. The summed E-state index contributed by atoms with van der Waals surface area (Å²) in [7, 11) is 0. The Morgan fingerprint density at radius 1 is 1.06 bits per heavy atom. The maximum Gasteiger partial charge on any atom is 0.266 e. The number of nitrogens with zero attached hydrogens (tertiary/aromatic N) is 2. The van der Waals surface area contributed by atoms with Crippen LogP contribution in [-0.4, -0.2) is 32.2 Å². The minimum absolute atomic E-state index is 0.119. The van der Waals surface area contributed by atoms with Crippen molar-refractivity contribution < 1.29 is 18.3 Å². The highest BCUT2D eigenvalue weighted by atomic mass is 19.1. The number of nitrogens with one attached hydrogen (secondary N) is 1. The van der Waals surface area contributed by atoms with E-state index in [2.05, 4.69) is 10.2 Å². The average Bonchev–Trinajstić information content (AvgIpc) is 3.27. The second-order valence-electron chi connectivity index (χ2n) is 6.95. The second-order valence-corrected chi connectivity index (χ2v) is 6.95. The third kappa shape index (κ3) is 4.82. The van der Waals surface area contributed by atoms with E-state index in [9.17, 15) is 14.4 Å². The Morgan fingerprint density at radius 2 is 1.81 bits per heavy atom. The molecule has 3 aromatic rings. The van der Waals surface area contributed by atoms with Crippen LogP contribution in [0.25, 0.3) is 17.4 Å². The molecule has 1 N–H and O–H groups in total. The van der Waals surface area contributed by atoms with Crippen LogP contribution in [0.1, 0.15) is 5.76 Å². The first-order valence-electron chi connectivity index (χ1n) is 9.85. The third-order valence-corrected chi connectivity index (χ3v) is 4.92. The number of hydrogen-bond acceptors (Lipinski definition) is 5. The first kappa shape index (κ1) is 20.4. The number of anilines is 2. The van der Waals surface area contributed by atoms with Gasteiger partial charge in [-0.05, 0) is 48.5 Å². The normalized spacial score (nSPS) is 14.2. The molecule has 0 saturated carbocycles. The third-order valence-electron chi connectivity index (χ3n) is 4.92. The summed E-state index contributed by atoms with van der Waals surface area (Å²) in [6.45, 7) is 3.04. The molecule has 0 bridgehead atoms. The van der Waals surface area contributed by atoms with E-state index in [1.807, 2.05) is 18.2 Å². The number of rotatable bonds is 5. The summed E-state index contributed by atoms with van der Waals surface area (Å²) in [4.78, 5) is 14.7. The number of morpholine rings is 1. The molecular weight excluding hydrogens is 397 g/mol. The van der Waals surface area contributed by atoms with E-state index in [0.29, 0.717) is 30.2 Å². The predicted octanol–water partition coefficient (Wildman–Crippen LogP) is 4.47. The Morgan fingerprint density at radius 3 is 2.52 bits per heavy atom. The number of halogens is 1. The van der Waals surface area contributed by atoms with Gasteiger partial charge in [0.25, 0.3) is 5.91 Å². The van der Waals surface area contributed by atoms with Crippen molar-refractivity contribution in [1.29, 1.82) is 5.26 Å². The fraction of sp³-hybridized carbons (Fsp3) is 0.167. The summed E-state index contributed by atoms with van der Waals surface area (Å²) in [6.07, 6.45) is 1.34. The van der Waals surface area contributed by atoms with E-state index >= 15 is 0 Å². The average molecular weight is 417 g/mol. The lowest BCUT2D eigenvalue weighted by Gasteiger charge is -2.28. The maximum atomic E-state index is 13.9. The van der Waals surface area contributed by atoms with E-state index in [1.54, 1.807) is 42.5 Å². The molecule has 0 spiro atoms. The summed E-state index contributed by atoms with van der Waals surface area (Å²) in [5, 5.41) is 12.1. The van der Waals surface area contributed by atoms with Crippen molar-refractivity contribution in [3.63, 3.8) is 0 Å². The number of ether oxygens (including phenoxy) is 1. The van der Waals surface area contributed by atoms with Crippen LogP contribution in [0.5, 0.6) is 0 Å². The molecular formula is C24H20FN3O3. The van der Waals surface area contributed by atoms with Gasteiger partial charge >= 0.3 is 0 Å². The fourth-order valence-electron chi connectivity index (χ4n) is 3.30. The van der Waals surface area contributed by atoms with Crippen LogP contribution in [0.4, 0.5) is 15.8 Å². The van der Waals surface area contributed by atoms with Gasteiger partial charge in [-0.15, -0.1) is 0 Å². The highest BCUT2D eigenvalue weighted by Gasteiger charge is 2.14. The maximum absolute atomic E-state index is 13.9. The van der Waals surface area contributed by atoms with E-state index < -0.39 is 11.7 Å². The molecule has 1 aliphatic rings. The lowest BCUT2D eigenvalue weighted by atomic mass is 10.1. The van der Waals surface area contributed by atoms with Gasteiger partial charge in [0.2, 0.25) is 0 Å². The number of carbonyl (C=O) groups is 1. The molecule has 6 nitrogen and oxygen atoms in total. The molecule has 31 heavy (non-hydrogen) atoms. The minimum atomic E-state index is -0.550. The van der Waals surface area contributed by atoms with Crippen molar-refractivity contribution in [1.82, 2.24) is 0 Å². The van der Waals surface area contributed by atoms with Gasteiger partial charge in [-0.2, -0.15) is 5.26 Å². The summed E-state index contributed by atoms with van der Waals surface area (Å²) in [6, 6.07) is 18.7. The van der Waals surface area contributed by atoms with Crippen LogP contribution >= 0.6 is 0 Å². The van der Waals surface area contributed by atoms with E-state index in [-0.39, 0.29) is 11.3 Å². The van der Waals surface area contributed by atoms with Crippen molar-refractivity contribution in [2.24, 2.45) is 0 Å². The van der Waals surface area contributed by atoms with Gasteiger partial charge in [-0.3, -0.25) is 4.79 Å². The molecule has 0 radical (unpaired) electrons. The van der Waals surface area contributed by atoms with Gasteiger partial charge in [0.15, 0.2) is 0 Å². The molecule has 2 aromatic carbocycles. The number of furan rings is 1. The Labute approximate surface area is 179 Å². The number of benzene rings is 2. The SMILES string of the molecule is N#C/C(=C\c1ccc(-c2ccccc2F)o1)C(=O)Nc1ccc(N2CCOCC2)cc1. The zero-order chi connectivity index (χ0) is 21.6. The Hall–Kier alpha value is -3.89. The summed E-state index contributed by atoms with van der Waals surface area (Å²) >= 11 is 0. The quantitative estimate of drug-likeness (QED) is 0.490. The molecule has 4 rings (SSSR count). The second kappa shape index (κ2) is 9.28. The van der Waals surface area contributed by atoms with Gasteiger partial charge in [0.1, 0.15) is 29.0 Å². The molecule has 7 heteroatoms. The Bertz CT molecular complexity index is 1140. The molecule has 1 amide bonds. The van der Waals surface area contributed by atoms with Crippen molar-refractivity contribution in [3.8, 4) is 17.4 Å². The van der Waals surface area contributed by atoms with Gasteiger partial charge in [0.05, 0.1) is 18.8 Å². The number of carbonyl (C=O) groups excluding carboxylic acids is 1. The van der Waals surface area contributed by atoms with Crippen LogP contribution in [0.3, 0.4) is 0 Å². The number of hydrogen-bond donors (Lipinski definition) is 1. The zero-order valence-electron chi connectivity index (χ0n) is 16.7. The fourth-order valence-corrected chi connectivity index (χ4v) is 3.30. The van der Waals surface area contributed by atoms with Gasteiger partial charge in [0, 0.05) is 30.5 Å². The minimum Gasteiger partial charge on any atom is -0.457 e. The van der Waals surface area contributed by atoms with Crippen molar-refractivity contribution >= 4 is 23.4 Å². The first-order chi connectivity index (χ1) is 15.1. The summed E-state index contributed by atoms with van der Waals surface area (Å²) < 4.78 is 24.9. The summed E-state index contributed by atoms with van der Waals surface area (Å²) in [5.41, 5.74) is 1.82. The molecule has 0 atom stereocenters. The van der Waals surface area contributed by atoms with Crippen LogP contribution in [0.2, 0.25) is 0 Å². The topological polar surface area (TPSA) is 78.5 Å². The van der Waals surface area contributed by atoms with Crippen molar-refractivity contribution in [3.05, 3.63) is 77.8 Å². The van der Waals surface area contributed by atoms with Gasteiger partial charge < -0.3 is 19.4 Å². The molecule has 1 saturated heterocycles. The number of nitriles is 1. The highest BCUT2D eigenvalue weighted by molar-refractivity contribution is 6.09. The van der Waals surface area contributed by atoms with E-state index in [4.69, 9.17) is 9.15 Å². The van der Waals surface area contributed by atoms with Gasteiger partial charge in [-0.1, -0.05) is 12.1 Å². The van der Waals surface area contributed by atoms with Gasteiger partial charge in [-0.25, -0.2) is 4.39 Å². The largest absolute Gasteiger partial charge is 0.457 e. The first-order valence-corrected chi connectivity index (χ1v) is 9.85. The molecule has 0 unspecified atom stereocenters. The van der Waals surface area contributed by atoms with Crippen LogP contribution in [0, 0.1) is 17.1 Å². The van der Waals surface area contributed by atoms with E-state index in [1.165, 1.54) is 12.1 Å². The molecule has 0 aliphatic carbocycles. The molecule has 156 valence electrons. The lowest BCUT2D eigenvalue weighted by Crippen LogP contribution is -2.36. The number of amides is 1. The predicted molar refractivity (Wildman–Crippen MR) is 116 cm³/mol. The van der Waals surface area contributed by atoms with Crippen LogP contribution < -0.4 is 10.2 Å². The highest BCUT2D eigenvalue weighted by Crippen LogP contribution is 2.26. The molecule has 1 aliphatic heterocycles. The molecule has 1 aromatic heterocycles. The van der Waals surface area contributed by atoms with Crippen LogP contribution in [-0.2, 0) is 9.53 Å². The van der Waals surface area contributed by atoms with Crippen molar-refractivity contribution in [2.45, 2.75) is 0 Å². The Balaban J connectivity index is 1.45. The van der Waals surface area contributed by atoms with Crippen molar-refractivity contribution in [2.75, 3.05) is 36.5 Å². The van der Waals surface area contributed by atoms with E-state index in [0.717, 1.165) is 18.8 Å².